The number of nitrogens with one attached hydrogen (secondary N) is 1. The molecule has 0 atom stereocenters. The van der Waals surface area contributed by atoms with Crippen LogP contribution < -0.4 is 5.32 Å². The van der Waals surface area contributed by atoms with E-state index >= 15 is 0 Å². The fourth-order valence-corrected chi connectivity index (χ4v) is 1.05. The van der Waals surface area contributed by atoms with E-state index in [0.717, 1.165) is 32.7 Å². The van der Waals surface area contributed by atoms with Crippen LogP contribution in [0.2, 0.25) is 0 Å². The molecule has 0 spiro atoms. The van der Waals surface area contributed by atoms with Crippen LogP contribution in [0.25, 0.3) is 0 Å². The molecule has 0 heterocycles. The van der Waals surface area contributed by atoms with Crippen molar-refractivity contribution in [2.45, 2.75) is 34.1 Å². The Morgan fingerprint density at radius 3 is 2.53 bits per heavy atom. The summed E-state index contributed by atoms with van der Waals surface area (Å²) in [7, 11) is 0. The van der Waals surface area contributed by atoms with Crippen LogP contribution in [-0.2, 0) is 4.74 Å². The predicted octanol–water partition coefficient (Wildman–Crippen LogP) is 2.19. The van der Waals surface area contributed by atoms with E-state index in [1.165, 1.54) is 0 Å². The van der Waals surface area contributed by atoms with E-state index in [1.807, 2.05) is 13.8 Å². The molecule has 0 aliphatic heterocycles. The summed E-state index contributed by atoms with van der Waals surface area (Å²) in [4.78, 5) is 0. The molecule has 0 fully saturated rings. The summed E-state index contributed by atoms with van der Waals surface area (Å²) in [6.07, 6.45) is 0.883. The second kappa shape index (κ2) is 7.67. The Kier molecular flexibility index (Phi) is 7.37. The molecular formula is C12H24N2O. The fourth-order valence-electron chi connectivity index (χ4n) is 1.05. The van der Waals surface area contributed by atoms with Crippen LogP contribution in [0.5, 0.6) is 0 Å². The van der Waals surface area contributed by atoms with Crippen LogP contribution in [-0.4, -0.2) is 26.3 Å². The number of rotatable bonds is 8. The maximum Gasteiger partial charge on any atom is 0.0684 e. The van der Waals surface area contributed by atoms with Crippen LogP contribution in [0, 0.1) is 22.7 Å². The minimum Gasteiger partial charge on any atom is -0.380 e. The van der Waals surface area contributed by atoms with Crippen LogP contribution in [0.3, 0.4) is 0 Å². The lowest BCUT2D eigenvalue weighted by atomic mass is 9.92. The van der Waals surface area contributed by atoms with Gasteiger partial charge in [0.1, 0.15) is 0 Å². The normalized spacial score (nSPS) is 11.7. The van der Waals surface area contributed by atoms with E-state index in [1.54, 1.807) is 0 Å². The molecule has 15 heavy (non-hydrogen) atoms. The van der Waals surface area contributed by atoms with Crippen molar-refractivity contribution in [1.82, 2.24) is 5.32 Å². The largest absolute Gasteiger partial charge is 0.380 e. The molecule has 0 radical (unpaired) electrons. The van der Waals surface area contributed by atoms with Gasteiger partial charge in [-0.3, -0.25) is 0 Å². The van der Waals surface area contributed by atoms with Crippen molar-refractivity contribution in [3.63, 3.8) is 0 Å². The lowest BCUT2D eigenvalue weighted by Crippen LogP contribution is -2.25. The van der Waals surface area contributed by atoms with E-state index in [4.69, 9.17) is 10.00 Å². The Morgan fingerprint density at radius 2 is 2.00 bits per heavy atom. The molecule has 0 aromatic rings. The molecule has 3 nitrogen and oxygen atoms in total. The molecule has 0 unspecified atom stereocenters. The molecule has 0 aliphatic rings. The highest BCUT2D eigenvalue weighted by molar-refractivity contribution is 4.91. The summed E-state index contributed by atoms with van der Waals surface area (Å²) >= 11 is 0. The first-order valence-electron chi connectivity index (χ1n) is 5.67. The summed E-state index contributed by atoms with van der Waals surface area (Å²) in [5, 5.41) is 12.1. The van der Waals surface area contributed by atoms with Gasteiger partial charge in [-0.2, -0.15) is 5.26 Å². The smallest absolute Gasteiger partial charge is 0.0684 e. The maximum absolute atomic E-state index is 8.79. The second-order valence-corrected chi connectivity index (χ2v) is 4.96. The van der Waals surface area contributed by atoms with Gasteiger partial charge in [0.05, 0.1) is 18.1 Å². The summed E-state index contributed by atoms with van der Waals surface area (Å²) in [6.45, 7) is 11.5. The molecule has 0 aromatic heterocycles. The van der Waals surface area contributed by atoms with E-state index in [9.17, 15) is 0 Å². The summed E-state index contributed by atoms with van der Waals surface area (Å²) in [5.74, 6) is 0.600. The highest BCUT2D eigenvalue weighted by Crippen LogP contribution is 2.16. The number of ether oxygens (including phenoxy) is 1. The fraction of sp³-hybridized carbons (Fsp3) is 0.917. The molecule has 0 amide bonds. The topological polar surface area (TPSA) is 45.0 Å². The van der Waals surface area contributed by atoms with Gasteiger partial charge in [-0.25, -0.2) is 0 Å². The van der Waals surface area contributed by atoms with Crippen molar-refractivity contribution in [3.05, 3.63) is 0 Å². The predicted molar refractivity (Wildman–Crippen MR) is 62.5 cm³/mol. The number of nitrogens with zero attached hydrogens (tertiary/aromatic N) is 1. The molecule has 0 saturated carbocycles. The second-order valence-electron chi connectivity index (χ2n) is 4.96. The average molecular weight is 212 g/mol. The molecule has 1 N–H and O–H groups in total. The standard InChI is InChI=1S/C12H24N2O/c1-11(2)9-15-8-7-14-6-5-12(3,4)10-13/h11,14H,5-9H2,1-4H3. The van der Waals surface area contributed by atoms with Crippen molar-refractivity contribution in [1.29, 1.82) is 5.26 Å². The quantitative estimate of drug-likeness (QED) is 0.627. The van der Waals surface area contributed by atoms with Crippen molar-refractivity contribution < 1.29 is 4.74 Å². The number of nitriles is 1. The van der Waals surface area contributed by atoms with E-state index in [-0.39, 0.29) is 5.41 Å². The highest BCUT2D eigenvalue weighted by Gasteiger charge is 2.14. The van der Waals surface area contributed by atoms with Gasteiger partial charge < -0.3 is 10.1 Å². The Hall–Kier alpha value is -0.590. The molecule has 0 rings (SSSR count). The Bertz CT molecular complexity index is 194. The zero-order chi connectivity index (χ0) is 11.7. The van der Waals surface area contributed by atoms with Crippen LogP contribution in [0.1, 0.15) is 34.1 Å². The molecule has 0 aromatic carbocycles. The lowest BCUT2D eigenvalue weighted by Gasteiger charge is -2.15. The van der Waals surface area contributed by atoms with Gasteiger partial charge in [-0.1, -0.05) is 13.8 Å². The molecular weight excluding hydrogens is 188 g/mol. The Balaban J connectivity index is 3.23. The first-order chi connectivity index (χ1) is 6.98. The van der Waals surface area contributed by atoms with Crippen LogP contribution >= 0.6 is 0 Å². The van der Waals surface area contributed by atoms with Crippen LogP contribution in [0.4, 0.5) is 0 Å². The molecule has 0 saturated heterocycles. The molecule has 0 aliphatic carbocycles. The van der Waals surface area contributed by atoms with Gasteiger partial charge in [0.2, 0.25) is 0 Å². The van der Waals surface area contributed by atoms with Crippen molar-refractivity contribution in [2.24, 2.45) is 11.3 Å². The van der Waals surface area contributed by atoms with Gasteiger partial charge in [0, 0.05) is 13.2 Å². The molecule has 0 bridgehead atoms. The summed E-state index contributed by atoms with van der Waals surface area (Å²) < 4.78 is 5.43. The van der Waals surface area contributed by atoms with Crippen LogP contribution in [0.15, 0.2) is 0 Å². The van der Waals surface area contributed by atoms with E-state index in [0.29, 0.717) is 5.92 Å². The third kappa shape index (κ3) is 9.71. The minimum atomic E-state index is -0.216. The Morgan fingerprint density at radius 1 is 1.33 bits per heavy atom. The van der Waals surface area contributed by atoms with Crippen molar-refractivity contribution in [3.8, 4) is 6.07 Å². The first kappa shape index (κ1) is 14.4. The monoisotopic (exact) mass is 212 g/mol. The maximum atomic E-state index is 8.79. The molecule has 88 valence electrons. The zero-order valence-electron chi connectivity index (χ0n) is 10.5. The van der Waals surface area contributed by atoms with Gasteiger partial charge in [-0.15, -0.1) is 0 Å². The van der Waals surface area contributed by atoms with E-state index < -0.39 is 0 Å². The van der Waals surface area contributed by atoms with E-state index in [2.05, 4.69) is 25.2 Å². The van der Waals surface area contributed by atoms with Gasteiger partial charge >= 0.3 is 0 Å². The summed E-state index contributed by atoms with van der Waals surface area (Å²) in [5.41, 5.74) is -0.216. The van der Waals surface area contributed by atoms with Crippen molar-refractivity contribution in [2.75, 3.05) is 26.3 Å². The van der Waals surface area contributed by atoms with Gasteiger partial charge in [-0.05, 0) is 32.7 Å². The zero-order valence-corrected chi connectivity index (χ0v) is 10.5. The van der Waals surface area contributed by atoms with Gasteiger partial charge in [0.25, 0.3) is 0 Å². The number of hydrogen-bond acceptors (Lipinski definition) is 3. The Labute approximate surface area is 93.8 Å². The molecule has 3 heteroatoms. The summed E-state index contributed by atoms with van der Waals surface area (Å²) in [6, 6.07) is 2.29. The number of hydrogen-bond donors (Lipinski definition) is 1. The minimum absolute atomic E-state index is 0.216. The third-order valence-electron chi connectivity index (χ3n) is 2.10. The lowest BCUT2D eigenvalue weighted by molar-refractivity contribution is 0.111. The third-order valence-corrected chi connectivity index (χ3v) is 2.10. The SMILES string of the molecule is CC(C)COCCNCCC(C)(C)C#N. The van der Waals surface area contributed by atoms with Gasteiger partial charge in [0.15, 0.2) is 0 Å². The first-order valence-corrected chi connectivity index (χ1v) is 5.67. The average Bonchev–Trinajstić information content (AvgIpc) is 2.16. The van der Waals surface area contributed by atoms with Crippen molar-refractivity contribution >= 4 is 0 Å². The highest BCUT2D eigenvalue weighted by atomic mass is 16.5.